The molecule has 0 saturated heterocycles. The molecule has 0 spiro atoms. The molecule has 1 aliphatic carbocycles. The summed E-state index contributed by atoms with van der Waals surface area (Å²) < 4.78 is 7.18. The van der Waals surface area contributed by atoms with E-state index in [1.54, 1.807) is 16.0 Å². The van der Waals surface area contributed by atoms with Crippen molar-refractivity contribution in [2.45, 2.75) is 19.3 Å². The Bertz CT molecular complexity index is 901. The number of ether oxygens (including phenoxy) is 1. The maximum absolute atomic E-state index is 12.5. The zero-order chi connectivity index (χ0) is 17.8. The molecule has 0 saturated carbocycles. The van der Waals surface area contributed by atoms with Crippen LogP contribution in [-0.4, -0.2) is 27.3 Å². The van der Waals surface area contributed by atoms with Crippen LogP contribution in [0.25, 0.3) is 16.4 Å². The Morgan fingerprint density at radius 1 is 1.19 bits per heavy atom. The van der Waals surface area contributed by atoms with Crippen LogP contribution in [0.5, 0.6) is 0 Å². The van der Waals surface area contributed by atoms with Crippen molar-refractivity contribution in [3.8, 4) is 16.4 Å². The maximum atomic E-state index is 12.5. The second-order valence-electron chi connectivity index (χ2n) is 6.23. The standard InChI is InChI=1S/C20H19N3O2S/c24-20(25-14-15-8-3-1-4-9-15)18-21-19(17-12-7-13-26-17)23(22-18)16-10-5-2-6-11-16/h1-3,5-7,10-13,15H,4,8-9,14H2. The van der Waals surface area contributed by atoms with Crippen LogP contribution < -0.4 is 0 Å². The molecule has 0 radical (unpaired) electrons. The van der Waals surface area contributed by atoms with Crippen molar-refractivity contribution in [3.05, 3.63) is 65.8 Å². The largest absolute Gasteiger partial charge is 0.459 e. The summed E-state index contributed by atoms with van der Waals surface area (Å²) in [6.45, 7) is 0.414. The normalized spacial score (nSPS) is 16.5. The number of aromatic nitrogens is 3. The molecule has 0 fully saturated rings. The molecule has 0 aliphatic heterocycles. The van der Waals surface area contributed by atoms with E-state index in [-0.39, 0.29) is 5.82 Å². The van der Waals surface area contributed by atoms with Gasteiger partial charge in [0.15, 0.2) is 5.82 Å². The number of allylic oxidation sites excluding steroid dienone is 2. The van der Waals surface area contributed by atoms with Gasteiger partial charge in [-0.2, -0.15) is 4.98 Å². The zero-order valence-corrected chi connectivity index (χ0v) is 15.1. The summed E-state index contributed by atoms with van der Waals surface area (Å²) in [7, 11) is 0. The third kappa shape index (κ3) is 3.60. The molecule has 1 unspecified atom stereocenters. The predicted molar refractivity (Wildman–Crippen MR) is 101 cm³/mol. The van der Waals surface area contributed by atoms with Crippen molar-refractivity contribution in [1.29, 1.82) is 0 Å². The number of hydrogen-bond donors (Lipinski definition) is 0. The van der Waals surface area contributed by atoms with Gasteiger partial charge in [0.1, 0.15) is 0 Å². The van der Waals surface area contributed by atoms with Crippen LogP contribution in [0.15, 0.2) is 60.0 Å². The summed E-state index contributed by atoms with van der Waals surface area (Å²) in [5.74, 6) is 0.673. The van der Waals surface area contributed by atoms with E-state index in [0.717, 1.165) is 29.8 Å². The molecule has 5 nitrogen and oxygen atoms in total. The summed E-state index contributed by atoms with van der Waals surface area (Å²) in [6, 6.07) is 13.6. The smallest absolute Gasteiger partial charge is 0.378 e. The van der Waals surface area contributed by atoms with Gasteiger partial charge in [0.05, 0.1) is 17.2 Å². The fourth-order valence-electron chi connectivity index (χ4n) is 2.98. The SMILES string of the molecule is O=C(OCC1CC=CCC1)c1nc(-c2cccs2)n(-c2ccccc2)n1. The number of esters is 1. The van der Waals surface area contributed by atoms with Crippen LogP contribution in [0.3, 0.4) is 0 Å². The van der Waals surface area contributed by atoms with E-state index in [9.17, 15) is 4.79 Å². The highest BCUT2D eigenvalue weighted by Crippen LogP contribution is 2.26. The van der Waals surface area contributed by atoms with Crippen molar-refractivity contribution < 1.29 is 9.53 Å². The lowest BCUT2D eigenvalue weighted by molar-refractivity contribution is 0.0418. The van der Waals surface area contributed by atoms with Crippen molar-refractivity contribution in [1.82, 2.24) is 14.8 Å². The average Bonchev–Trinajstić information content (AvgIpc) is 3.37. The van der Waals surface area contributed by atoms with Crippen molar-refractivity contribution in [2.75, 3.05) is 6.61 Å². The van der Waals surface area contributed by atoms with Crippen LogP contribution in [-0.2, 0) is 4.74 Å². The fraction of sp³-hybridized carbons (Fsp3) is 0.250. The van der Waals surface area contributed by atoms with E-state index >= 15 is 0 Å². The summed E-state index contributed by atoms with van der Waals surface area (Å²) in [5, 5.41) is 6.40. The molecule has 0 bridgehead atoms. The van der Waals surface area contributed by atoms with E-state index in [4.69, 9.17) is 4.74 Å². The van der Waals surface area contributed by atoms with E-state index < -0.39 is 5.97 Å². The quantitative estimate of drug-likeness (QED) is 0.493. The molecule has 0 amide bonds. The molecular formula is C20H19N3O2S. The van der Waals surface area contributed by atoms with E-state index in [1.807, 2.05) is 47.8 Å². The van der Waals surface area contributed by atoms with Gasteiger partial charge in [-0.1, -0.05) is 36.4 Å². The topological polar surface area (TPSA) is 57.0 Å². The second kappa shape index (κ2) is 7.66. The summed E-state index contributed by atoms with van der Waals surface area (Å²) >= 11 is 1.56. The van der Waals surface area contributed by atoms with Crippen molar-refractivity contribution in [2.24, 2.45) is 5.92 Å². The van der Waals surface area contributed by atoms with Crippen LogP contribution in [0.4, 0.5) is 0 Å². The van der Waals surface area contributed by atoms with Gasteiger partial charge in [-0.25, -0.2) is 9.48 Å². The second-order valence-corrected chi connectivity index (χ2v) is 7.18. The van der Waals surface area contributed by atoms with Gasteiger partial charge in [0, 0.05) is 0 Å². The molecule has 1 atom stereocenters. The Morgan fingerprint density at radius 3 is 2.81 bits per heavy atom. The van der Waals surface area contributed by atoms with E-state index in [2.05, 4.69) is 22.2 Å². The van der Waals surface area contributed by atoms with Gasteiger partial charge in [-0.3, -0.25) is 0 Å². The first kappa shape index (κ1) is 16.7. The molecule has 4 rings (SSSR count). The minimum Gasteiger partial charge on any atom is -0.459 e. The Hall–Kier alpha value is -2.73. The number of para-hydroxylation sites is 1. The highest BCUT2D eigenvalue weighted by atomic mass is 32.1. The number of thiophene rings is 1. The molecule has 3 aromatic rings. The molecule has 6 heteroatoms. The molecule has 1 aromatic carbocycles. The third-order valence-electron chi connectivity index (χ3n) is 4.36. The first-order chi connectivity index (χ1) is 12.8. The number of nitrogens with zero attached hydrogens (tertiary/aromatic N) is 3. The summed E-state index contributed by atoms with van der Waals surface area (Å²) in [6.07, 6.45) is 7.38. The number of carbonyl (C=O) groups excluding carboxylic acids is 1. The Balaban J connectivity index is 1.58. The van der Waals surface area contributed by atoms with E-state index in [0.29, 0.717) is 18.3 Å². The number of benzene rings is 1. The molecule has 1 aliphatic rings. The highest BCUT2D eigenvalue weighted by Gasteiger charge is 2.21. The fourth-order valence-corrected chi connectivity index (χ4v) is 3.68. The minimum atomic E-state index is -0.466. The van der Waals surface area contributed by atoms with Crippen molar-refractivity contribution in [3.63, 3.8) is 0 Å². The first-order valence-corrected chi connectivity index (χ1v) is 9.58. The average molecular weight is 365 g/mol. The first-order valence-electron chi connectivity index (χ1n) is 8.70. The van der Waals surface area contributed by atoms with Gasteiger partial charge in [0.25, 0.3) is 5.82 Å². The Labute approximate surface area is 156 Å². The molecule has 2 heterocycles. The predicted octanol–water partition coefficient (Wildman–Crippen LogP) is 4.51. The van der Waals surface area contributed by atoms with E-state index in [1.165, 1.54) is 0 Å². The lowest BCUT2D eigenvalue weighted by Crippen LogP contribution is -2.16. The molecule has 0 N–H and O–H groups in total. The number of carbonyl (C=O) groups is 1. The van der Waals surface area contributed by atoms with Crippen LogP contribution in [0, 0.1) is 5.92 Å². The molecular weight excluding hydrogens is 346 g/mol. The monoisotopic (exact) mass is 365 g/mol. The number of hydrogen-bond acceptors (Lipinski definition) is 5. The van der Waals surface area contributed by atoms with Gasteiger partial charge < -0.3 is 4.74 Å². The van der Waals surface area contributed by atoms with Crippen LogP contribution >= 0.6 is 11.3 Å². The maximum Gasteiger partial charge on any atom is 0.378 e. The van der Waals surface area contributed by atoms with Crippen LogP contribution in [0.1, 0.15) is 29.9 Å². The molecule has 132 valence electrons. The summed E-state index contributed by atoms with van der Waals surface area (Å²) in [5.41, 5.74) is 0.861. The van der Waals surface area contributed by atoms with Gasteiger partial charge >= 0.3 is 5.97 Å². The number of rotatable bonds is 5. The van der Waals surface area contributed by atoms with Gasteiger partial charge in [-0.05, 0) is 48.8 Å². The zero-order valence-electron chi connectivity index (χ0n) is 14.2. The minimum absolute atomic E-state index is 0.101. The molecule has 26 heavy (non-hydrogen) atoms. The van der Waals surface area contributed by atoms with Gasteiger partial charge in [-0.15, -0.1) is 16.4 Å². The van der Waals surface area contributed by atoms with Crippen LogP contribution in [0.2, 0.25) is 0 Å². The summed E-state index contributed by atoms with van der Waals surface area (Å²) in [4.78, 5) is 17.9. The lowest BCUT2D eigenvalue weighted by Gasteiger charge is -2.16. The highest BCUT2D eigenvalue weighted by molar-refractivity contribution is 7.13. The Morgan fingerprint density at radius 2 is 2.08 bits per heavy atom. The third-order valence-corrected chi connectivity index (χ3v) is 5.23. The lowest BCUT2D eigenvalue weighted by atomic mass is 9.95. The molecule has 2 aromatic heterocycles. The Kier molecular flexibility index (Phi) is 4.93. The van der Waals surface area contributed by atoms with Crippen molar-refractivity contribution >= 4 is 17.3 Å². The van der Waals surface area contributed by atoms with Gasteiger partial charge in [0.2, 0.25) is 0 Å².